The molecule has 0 radical (unpaired) electrons. The number of benzene rings is 1. The number of carbonyl (C=O) groups excluding carboxylic acids is 1. The van der Waals surface area contributed by atoms with E-state index in [0.717, 1.165) is 12.1 Å². The van der Waals surface area contributed by atoms with E-state index in [4.69, 9.17) is 0 Å². The fourth-order valence-electron chi connectivity index (χ4n) is 1.57. The molecule has 5 nitrogen and oxygen atoms in total. The average Bonchev–Trinajstić information content (AvgIpc) is 2.44. The average molecular weight is 338 g/mol. The lowest BCUT2D eigenvalue weighted by Gasteiger charge is -2.10. The molecule has 124 valence electrons. The molecular weight excluding hydrogens is 321 g/mol. The van der Waals surface area contributed by atoms with Crippen LogP contribution in [0.2, 0.25) is 0 Å². The molecule has 0 atom stereocenters. The summed E-state index contributed by atoms with van der Waals surface area (Å²) in [5.41, 5.74) is -0.493. The van der Waals surface area contributed by atoms with Crippen molar-refractivity contribution in [2.45, 2.75) is 19.6 Å². The van der Waals surface area contributed by atoms with Crippen LogP contribution in [0.5, 0.6) is 0 Å². The fraction of sp³-hybridized carbons (Fsp3) is 0.462. The zero-order valence-corrected chi connectivity index (χ0v) is 12.7. The highest BCUT2D eigenvalue weighted by Crippen LogP contribution is 2.29. The summed E-state index contributed by atoms with van der Waals surface area (Å²) in [4.78, 5) is 11.4. The molecule has 1 rings (SSSR count). The van der Waals surface area contributed by atoms with E-state index in [1.807, 2.05) is 0 Å². The number of sulfone groups is 1. The van der Waals surface area contributed by atoms with E-state index in [1.165, 1.54) is 19.1 Å². The van der Waals surface area contributed by atoms with Crippen molar-refractivity contribution in [3.05, 3.63) is 35.4 Å². The summed E-state index contributed by atoms with van der Waals surface area (Å²) in [7, 11) is -3.17. The van der Waals surface area contributed by atoms with Gasteiger partial charge in [0.15, 0.2) is 9.84 Å². The maximum absolute atomic E-state index is 12.5. The Morgan fingerprint density at radius 1 is 1.23 bits per heavy atom. The Kier molecular flexibility index (Phi) is 6.21. The molecule has 9 heteroatoms. The summed E-state index contributed by atoms with van der Waals surface area (Å²) in [5, 5.41) is 4.71. The summed E-state index contributed by atoms with van der Waals surface area (Å²) in [6.45, 7) is 1.37. The lowest BCUT2D eigenvalue weighted by atomic mass is 10.1. The molecule has 0 aromatic heterocycles. The lowest BCUT2D eigenvalue weighted by Crippen LogP contribution is -2.37. The Morgan fingerprint density at radius 3 is 2.50 bits per heavy atom. The number of carbonyl (C=O) groups is 1. The van der Waals surface area contributed by atoms with Crippen LogP contribution in [0.3, 0.4) is 0 Å². The van der Waals surface area contributed by atoms with Gasteiger partial charge < -0.3 is 10.6 Å². The second-order valence-corrected chi connectivity index (χ2v) is 7.02. The molecule has 0 spiro atoms. The van der Waals surface area contributed by atoms with Gasteiger partial charge in [-0.15, -0.1) is 0 Å². The standard InChI is InChI=1S/C13H17F3N2O3S/c1-2-22(20,21)7-6-17-12(19)18-9-10-4-3-5-11(8-10)13(14,15)16/h3-5,8H,2,6-7,9H2,1H3,(H2,17,18,19). The van der Waals surface area contributed by atoms with E-state index < -0.39 is 27.6 Å². The van der Waals surface area contributed by atoms with Gasteiger partial charge >= 0.3 is 12.2 Å². The second-order valence-electron chi connectivity index (χ2n) is 4.54. The fourth-order valence-corrected chi connectivity index (χ4v) is 2.27. The van der Waals surface area contributed by atoms with Crippen molar-refractivity contribution >= 4 is 15.9 Å². The number of hydrogen-bond donors (Lipinski definition) is 2. The van der Waals surface area contributed by atoms with Gasteiger partial charge in [-0.25, -0.2) is 13.2 Å². The predicted molar refractivity (Wildman–Crippen MR) is 76.0 cm³/mol. The minimum absolute atomic E-state index is 0.0134. The number of amides is 2. The monoisotopic (exact) mass is 338 g/mol. The molecule has 2 amide bonds. The zero-order chi connectivity index (χ0) is 16.8. The van der Waals surface area contributed by atoms with Crippen LogP contribution >= 0.6 is 0 Å². The van der Waals surface area contributed by atoms with Crippen LogP contribution in [-0.2, 0) is 22.6 Å². The number of halogens is 3. The zero-order valence-electron chi connectivity index (χ0n) is 11.9. The highest BCUT2D eigenvalue weighted by molar-refractivity contribution is 7.91. The Balaban J connectivity index is 2.45. The third kappa shape index (κ3) is 6.33. The highest BCUT2D eigenvalue weighted by Gasteiger charge is 2.30. The van der Waals surface area contributed by atoms with Crippen LogP contribution < -0.4 is 10.6 Å². The first kappa shape index (κ1) is 18.3. The van der Waals surface area contributed by atoms with Gasteiger partial charge in [-0.2, -0.15) is 13.2 Å². The minimum atomic E-state index is -4.44. The molecule has 0 fully saturated rings. The quantitative estimate of drug-likeness (QED) is 0.832. The molecular formula is C13H17F3N2O3S. The van der Waals surface area contributed by atoms with Gasteiger partial charge in [0, 0.05) is 18.8 Å². The first-order valence-electron chi connectivity index (χ1n) is 6.52. The van der Waals surface area contributed by atoms with Crippen LogP contribution in [0.25, 0.3) is 0 Å². The molecule has 22 heavy (non-hydrogen) atoms. The molecule has 0 bridgehead atoms. The summed E-state index contributed by atoms with van der Waals surface area (Å²) in [6.07, 6.45) is -4.44. The van der Waals surface area contributed by atoms with E-state index in [0.29, 0.717) is 5.56 Å². The van der Waals surface area contributed by atoms with Gasteiger partial charge in [0.2, 0.25) is 0 Å². The summed E-state index contributed by atoms with van der Waals surface area (Å²) in [5.74, 6) is -0.193. The van der Waals surface area contributed by atoms with Gasteiger partial charge in [-0.1, -0.05) is 19.1 Å². The maximum atomic E-state index is 12.5. The Hall–Kier alpha value is -1.77. The molecule has 1 aromatic carbocycles. The van der Waals surface area contributed by atoms with Gasteiger partial charge in [0.25, 0.3) is 0 Å². The first-order valence-corrected chi connectivity index (χ1v) is 8.34. The van der Waals surface area contributed by atoms with Crippen LogP contribution in [0.1, 0.15) is 18.1 Å². The third-order valence-corrected chi connectivity index (χ3v) is 4.55. The molecule has 0 saturated heterocycles. The number of urea groups is 1. The number of hydrogen-bond acceptors (Lipinski definition) is 3. The van der Waals surface area contributed by atoms with Gasteiger partial charge in [-0.3, -0.25) is 0 Å². The van der Waals surface area contributed by atoms with Crippen LogP contribution in [0.4, 0.5) is 18.0 Å². The van der Waals surface area contributed by atoms with Crippen molar-refractivity contribution < 1.29 is 26.4 Å². The minimum Gasteiger partial charge on any atom is -0.337 e. The highest BCUT2D eigenvalue weighted by atomic mass is 32.2. The van der Waals surface area contributed by atoms with Crippen molar-refractivity contribution in [2.24, 2.45) is 0 Å². The van der Waals surface area contributed by atoms with Crippen molar-refractivity contribution in [2.75, 3.05) is 18.1 Å². The smallest absolute Gasteiger partial charge is 0.337 e. The molecule has 0 aliphatic rings. The molecule has 1 aromatic rings. The molecule has 0 saturated carbocycles. The summed E-state index contributed by atoms with van der Waals surface area (Å²) >= 11 is 0. The van der Waals surface area contributed by atoms with E-state index in [9.17, 15) is 26.4 Å². The number of rotatable bonds is 6. The topological polar surface area (TPSA) is 75.3 Å². The van der Waals surface area contributed by atoms with E-state index in [1.54, 1.807) is 0 Å². The Labute approximate surface area is 126 Å². The van der Waals surface area contributed by atoms with Crippen LogP contribution in [-0.4, -0.2) is 32.5 Å². The van der Waals surface area contributed by atoms with Crippen LogP contribution in [0, 0.1) is 0 Å². The van der Waals surface area contributed by atoms with Crippen molar-refractivity contribution in [1.29, 1.82) is 0 Å². The van der Waals surface area contributed by atoms with Crippen molar-refractivity contribution in [3.8, 4) is 0 Å². The Morgan fingerprint density at radius 2 is 1.91 bits per heavy atom. The second kappa shape index (κ2) is 7.48. The normalized spacial score (nSPS) is 12.0. The van der Waals surface area contributed by atoms with Crippen molar-refractivity contribution in [3.63, 3.8) is 0 Å². The summed E-state index contributed by atoms with van der Waals surface area (Å²) in [6, 6.07) is 3.97. The van der Waals surface area contributed by atoms with E-state index >= 15 is 0 Å². The van der Waals surface area contributed by atoms with Crippen molar-refractivity contribution in [1.82, 2.24) is 10.6 Å². The third-order valence-electron chi connectivity index (χ3n) is 2.85. The predicted octanol–water partition coefficient (Wildman–Crippen LogP) is 1.94. The molecule has 2 N–H and O–H groups in total. The first-order chi connectivity index (χ1) is 10.1. The maximum Gasteiger partial charge on any atom is 0.416 e. The number of nitrogens with one attached hydrogen (secondary N) is 2. The lowest BCUT2D eigenvalue weighted by molar-refractivity contribution is -0.137. The van der Waals surface area contributed by atoms with Gasteiger partial charge in [-0.05, 0) is 17.7 Å². The van der Waals surface area contributed by atoms with Crippen LogP contribution in [0.15, 0.2) is 24.3 Å². The molecule has 0 aliphatic heterocycles. The van der Waals surface area contributed by atoms with E-state index in [2.05, 4.69) is 10.6 Å². The van der Waals surface area contributed by atoms with E-state index in [-0.39, 0.29) is 24.6 Å². The SMILES string of the molecule is CCS(=O)(=O)CCNC(=O)NCc1cccc(C(F)(F)F)c1. The largest absolute Gasteiger partial charge is 0.416 e. The Bertz CT molecular complexity index is 615. The number of alkyl halides is 3. The van der Waals surface area contributed by atoms with Gasteiger partial charge in [0.05, 0.1) is 11.3 Å². The van der Waals surface area contributed by atoms with Gasteiger partial charge in [0.1, 0.15) is 0 Å². The summed E-state index contributed by atoms with van der Waals surface area (Å²) < 4.78 is 60.0. The molecule has 0 aliphatic carbocycles. The molecule has 0 unspecified atom stereocenters. The molecule has 0 heterocycles.